The summed E-state index contributed by atoms with van der Waals surface area (Å²) in [6.45, 7) is 3.31. The quantitative estimate of drug-likeness (QED) is 0.120. The monoisotopic (exact) mass is 421 g/mol. The van der Waals surface area contributed by atoms with E-state index in [4.69, 9.17) is 23.8 Å². The van der Waals surface area contributed by atoms with E-state index in [2.05, 4.69) is 15.7 Å². The summed E-state index contributed by atoms with van der Waals surface area (Å²) in [7, 11) is 0. The van der Waals surface area contributed by atoms with Gasteiger partial charge in [-0.25, -0.2) is 4.98 Å². The van der Waals surface area contributed by atoms with Gasteiger partial charge in [0.25, 0.3) is 5.69 Å². The summed E-state index contributed by atoms with van der Waals surface area (Å²) in [6.07, 6.45) is -0.323. The van der Waals surface area contributed by atoms with Gasteiger partial charge in [-0.1, -0.05) is 18.3 Å². The molecular weight excluding hydrogens is 404 g/mol. The number of nitrogens with two attached hydrogens (primary N) is 2. The van der Waals surface area contributed by atoms with Gasteiger partial charge in [0, 0.05) is 23.5 Å². The number of allylic oxidation sites excluding steroid dienone is 1. The normalized spacial score (nSPS) is 11.5. The first-order chi connectivity index (χ1) is 13.1. The molecule has 0 bridgehead atoms. The number of carbonyl (C=O) groups excluding carboxylic acids is 1. The zero-order valence-corrected chi connectivity index (χ0v) is 16.6. The maximum Gasteiger partial charge on any atom is 0.271 e. The molecule has 0 aliphatic rings. The van der Waals surface area contributed by atoms with E-state index in [-0.39, 0.29) is 28.5 Å². The van der Waals surface area contributed by atoms with Crippen LogP contribution in [0, 0.1) is 24.0 Å². The van der Waals surface area contributed by atoms with E-state index in [0.29, 0.717) is 21.1 Å². The van der Waals surface area contributed by atoms with Gasteiger partial charge in [-0.05, 0) is 25.3 Å². The number of benzene rings is 1. The second-order valence-corrected chi connectivity index (χ2v) is 7.17. The lowest BCUT2D eigenvalue weighted by molar-refractivity contribution is -0.384. The van der Waals surface area contributed by atoms with Crippen LogP contribution in [0.1, 0.15) is 32.4 Å². The van der Waals surface area contributed by atoms with Gasteiger partial charge in [0.1, 0.15) is 4.99 Å². The number of aromatic nitrogens is 1. The number of hydrogen-bond acceptors (Lipinski definition) is 10. The van der Waals surface area contributed by atoms with Gasteiger partial charge in [-0.2, -0.15) is 0 Å². The fourth-order valence-electron chi connectivity index (χ4n) is 2.25. The van der Waals surface area contributed by atoms with Crippen molar-refractivity contribution in [2.24, 2.45) is 11.6 Å². The largest absolute Gasteiger partial charge is 0.859 e. The molecule has 0 fully saturated rings. The third kappa shape index (κ3) is 4.79. The minimum absolute atomic E-state index is 0.0761. The molecule has 1 heterocycles. The number of anilines is 1. The Hall–Kier alpha value is -3.09. The molecule has 1 aromatic heterocycles. The highest BCUT2D eigenvalue weighted by atomic mass is 32.1. The molecule has 6 N–H and O–H groups in total. The Morgan fingerprint density at radius 2 is 2.07 bits per heavy atom. The van der Waals surface area contributed by atoms with E-state index in [0.717, 1.165) is 11.3 Å². The SMILES string of the molecule is Cc1ccc([N+](=O)[O-])cc1NC([O-])=C(CC(=O)c1sc(C(N)=S)nc1C)NN. The average molecular weight is 421 g/mol. The zero-order chi connectivity index (χ0) is 21.0. The molecule has 148 valence electrons. The number of thiocarbonyl (C=S) groups is 1. The van der Waals surface area contributed by atoms with Crippen LogP contribution < -0.4 is 27.4 Å². The highest BCUT2D eigenvalue weighted by Gasteiger charge is 2.18. The van der Waals surface area contributed by atoms with Crippen molar-refractivity contribution < 1.29 is 14.8 Å². The number of nitrogens with one attached hydrogen (secondary N) is 2. The smallest absolute Gasteiger partial charge is 0.271 e. The molecule has 2 aromatic rings. The molecule has 0 aliphatic carbocycles. The first-order valence-corrected chi connectivity index (χ1v) is 9.05. The Morgan fingerprint density at radius 3 is 2.61 bits per heavy atom. The first kappa shape index (κ1) is 21.2. The topological polar surface area (TPSA) is 172 Å². The van der Waals surface area contributed by atoms with Crippen LogP contribution in [0.4, 0.5) is 11.4 Å². The van der Waals surface area contributed by atoms with Crippen LogP contribution in [-0.2, 0) is 0 Å². The van der Waals surface area contributed by atoms with E-state index in [1.54, 1.807) is 13.8 Å². The molecule has 0 saturated carbocycles. The number of nitro groups is 1. The number of ketones is 1. The van der Waals surface area contributed by atoms with Gasteiger partial charge in [-0.3, -0.25) is 20.8 Å². The van der Waals surface area contributed by atoms with Crippen LogP contribution >= 0.6 is 23.6 Å². The van der Waals surface area contributed by atoms with Crippen LogP contribution in [0.15, 0.2) is 29.8 Å². The summed E-state index contributed by atoms with van der Waals surface area (Å²) in [6, 6.07) is 4.06. The number of aryl methyl sites for hydroxylation is 2. The average Bonchev–Trinajstić information content (AvgIpc) is 3.03. The van der Waals surface area contributed by atoms with E-state index < -0.39 is 16.6 Å². The number of carbonyl (C=O) groups is 1. The summed E-state index contributed by atoms with van der Waals surface area (Å²) in [5, 5.41) is 26.3. The number of nitrogens with zero attached hydrogens (tertiary/aromatic N) is 2. The van der Waals surface area contributed by atoms with Gasteiger partial charge >= 0.3 is 0 Å². The number of Topliss-reactive ketones (excluding diaryl/α,β-unsaturated/α-hetero) is 1. The van der Waals surface area contributed by atoms with Crippen LogP contribution in [0.5, 0.6) is 0 Å². The number of thiazole rings is 1. The zero-order valence-electron chi connectivity index (χ0n) is 14.9. The fraction of sp³-hybridized carbons (Fsp3) is 0.188. The van der Waals surface area contributed by atoms with Gasteiger partial charge in [0.2, 0.25) is 0 Å². The van der Waals surface area contributed by atoms with E-state index in [1.165, 1.54) is 18.2 Å². The van der Waals surface area contributed by atoms with Crippen LogP contribution in [0.2, 0.25) is 0 Å². The van der Waals surface area contributed by atoms with Crippen molar-refractivity contribution in [2.45, 2.75) is 20.3 Å². The highest BCUT2D eigenvalue weighted by Crippen LogP contribution is 2.24. The van der Waals surface area contributed by atoms with Crippen molar-refractivity contribution in [3.63, 3.8) is 0 Å². The van der Waals surface area contributed by atoms with Crippen molar-refractivity contribution in [3.8, 4) is 0 Å². The first-order valence-electron chi connectivity index (χ1n) is 7.83. The lowest BCUT2D eigenvalue weighted by Gasteiger charge is -2.21. The van der Waals surface area contributed by atoms with Gasteiger partial charge in [-0.15, -0.1) is 11.3 Å². The molecule has 12 heteroatoms. The molecular formula is C16H17N6O4S2-. The third-order valence-electron chi connectivity index (χ3n) is 3.73. The van der Waals surface area contributed by atoms with Crippen molar-refractivity contribution in [2.75, 3.05) is 5.32 Å². The Morgan fingerprint density at radius 1 is 1.39 bits per heavy atom. The summed E-state index contributed by atoms with van der Waals surface area (Å²) < 4.78 is 0. The number of rotatable bonds is 8. The Labute approximate surface area is 169 Å². The third-order valence-corrected chi connectivity index (χ3v) is 5.28. The van der Waals surface area contributed by atoms with Gasteiger partial charge in [0.15, 0.2) is 10.8 Å². The molecule has 0 atom stereocenters. The molecule has 1 aromatic carbocycles. The van der Waals surface area contributed by atoms with Crippen LogP contribution in [0.3, 0.4) is 0 Å². The molecule has 0 saturated heterocycles. The Bertz CT molecular complexity index is 986. The van der Waals surface area contributed by atoms with E-state index in [9.17, 15) is 20.0 Å². The number of non-ortho nitro benzene ring substituents is 1. The predicted molar refractivity (Wildman–Crippen MR) is 107 cm³/mol. The second-order valence-electron chi connectivity index (χ2n) is 5.73. The Kier molecular flexibility index (Phi) is 6.62. The summed E-state index contributed by atoms with van der Waals surface area (Å²) in [5.74, 6) is 4.32. The molecule has 0 aliphatic heterocycles. The molecule has 10 nitrogen and oxygen atoms in total. The standard InChI is InChI=1S/C16H18N6O4S2/c1-7-3-4-9(22(25)26)5-10(7)20-15(24)11(21-18)6-12(23)13-8(2)19-16(28-13)14(17)27/h3-5,20-21,24H,6,18H2,1-2H3,(H2,17,27)/p-1. The van der Waals surface area contributed by atoms with Crippen LogP contribution in [-0.4, -0.2) is 20.7 Å². The van der Waals surface area contributed by atoms with Crippen molar-refractivity contribution in [1.29, 1.82) is 0 Å². The molecule has 0 spiro atoms. The molecule has 28 heavy (non-hydrogen) atoms. The second kappa shape index (κ2) is 8.73. The van der Waals surface area contributed by atoms with E-state index in [1.807, 2.05) is 0 Å². The maximum atomic E-state index is 12.5. The Balaban J connectivity index is 2.27. The highest BCUT2D eigenvalue weighted by molar-refractivity contribution is 7.81. The molecule has 0 radical (unpaired) electrons. The fourth-order valence-corrected chi connectivity index (χ4v) is 3.28. The molecule has 2 rings (SSSR count). The van der Waals surface area contributed by atoms with Crippen molar-refractivity contribution >= 4 is 45.7 Å². The predicted octanol–water partition coefficient (Wildman–Crippen LogP) is 0.980. The molecule has 0 unspecified atom stereocenters. The summed E-state index contributed by atoms with van der Waals surface area (Å²) >= 11 is 5.89. The minimum Gasteiger partial charge on any atom is -0.859 e. The van der Waals surface area contributed by atoms with Crippen molar-refractivity contribution in [3.05, 3.63) is 61.0 Å². The summed E-state index contributed by atoms with van der Waals surface area (Å²) in [4.78, 5) is 27.4. The number of hydrazine groups is 1. The minimum atomic E-state index is -0.684. The van der Waals surface area contributed by atoms with Gasteiger partial charge < -0.3 is 21.6 Å². The van der Waals surface area contributed by atoms with Crippen LogP contribution in [0.25, 0.3) is 0 Å². The van der Waals surface area contributed by atoms with Crippen molar-refractivity contribution in [1.82, 2.24) is 10.4 Å². The maximum absolute atomic E-state index is 12.5. The number of nitro benzene ring substituents is 1. The van der Waals surface area contributed by atoms with E-state index >= 15 is 0 Å². The molecule has 0 amide bonds. The number of hydrogen-bond donors (Lipinski definition) is 4. The lowest BCUT2D eigenvalue weighted by Crippen LogP contribution is -2.30. The van der Waals surface area contributed by atoms with Gasteiger partial charge in [0.05, 0.1) is 21.9 Å². The summed E-state index contributed by atoms with van der Waals surface area (Å²) in [5.41, 5.74) is 8.75. The lowest BCUT2D eigenvalue weighted by atomic mass is 10.1.